The molecule has 0 aliphatic rings. The Kier molecular flexibility index (Phi) is 7.03. The first-order valence-electron chi connectivity index (χ1n) is 9.38. The number of nitrogens with one attached hydrogen (secondary N) is 1. The van der Waals surface area contributed by atoms with Crippen LogP contribution in [0.3, 0.4) is 0 Å². The van der Waals surface area contributed by atoms with Gasteiger partial charge in [0.15, 0.2) is 11.5 Å². The van der Waals surface area contributed by atoms with Crippen molar-refractivity contribution < 1.29 is 33.3 Å². The maximum atomic E-state index is 12.3. The highest BCUT2D eigenvalue weighted by Gasteiger charge is 2.16. The van der Waals surface area contributed by atoms with E-state index >= 15 is 0 Å². The molecule has 3 rings (SSSR count). The average Bonchev–Trinajstić information content (AvgIpc) is 3.17. The number of fused-ring (bicyclic) bond motifs is 1. The number of furan rings is 1. The highest BCUT2D eigenvalue weighted by molar-refractivity contribution is 5.88. The summed E-state index contributed by atoms with van der Waals surface area (Å²) in [6.07, 6.45) is 0.777. The van der Waals surface area contributed by atoms with Crippen LogP contribution in [0.25, 0.3) is 11.0 Å². The minimum atomic E-state index is -0.908. The van der Waals surface area contributed by atoms with Crippen LogP contribution in [0, 0.1) is 0 Å². The van der Waals surface area contributed by atoms with E-state index in [1.165, 1.54) is 14.2 Å². The number of aliphatic hydroxyl groups is 1. The molecule has 0 spiro atoms. The Labute approximate surface area is 174 Å². The molecule has 160 valence electrons. The van der Waals surface area contributed by atoms with Crippen LogP contribution in [0.5, 0.6) is 23.0 Å². The Bertz CT molecular complexity index is 976. The molecule has 0 fully saturated rings. The second kappa shape index (κ2) is 9.89. The molecule has 30 heavy (non-hydrogen) atoms. The predicted molar refractivity (Wildman–Crippen MR) is 111 cm³/mol. The molecule has 0 saturated carbocycles. The van der Waals surface area contributed by atoms with E-state index in [9.17, 15) is 9.90 Å². The number of carbonyl (C=O) groups is 1. The topological polar surface area (TPSA) is 99.4 Å². The fraction of sp³-hybridized carbons (Fsp3) is 0.318. The van der Waals surface area contributed by atoms with Crippen molar-refractivity contribution in [1.82, 2.24) is 5.32 Å². The van der Waals surface area contributed by atoms with Gasteiger partial charge in [-0.3, -0.25) is 4.79 Å². The Morgan fingerprint density at radius 1 is 1.10 bits per heavy atom. The molecule has 1 aromatic heterocycles. The minimum absolute atomic E-state index is 0.0363. The van der Waals surface area contributed by atoms with Gasteiger partial charge in [-0.1, -0.05) is 6.07 Å². The Morgan fingerprint density at radius 3 is 2.50 bits per heavy atom. The zero-order chi connectivity index (χ0) is 21.5. The van der Waals surface area contributed by atoms with E-state index in [0.717, 1.165) is 10.9 Å². The fourth-order valence-electron chi connectivity index (χ4n) is 2.99. The summed E-state index contributed by atoms with van der Waals surface area (Å²) in [5, 5.41) is 13.7. The first-order chi connectivity index (χ1) is 14.5. The van der Waals surface area contributed by atoms with Crippen LogP contribution in [-0.2, 0) is 11.2 Å². The van der Waals surface area contributed by atoms with Crippen LogP contribution < -0.4 is 24.3 Å². The fourth-order valence-corrected chi connectivity index (χ4v) is 2.99. The van der Waals surface area contributed by atoms with Gasteiger partial charge in [0.05, 0.1) is 34.0 Å². The van der Waals surface area contributed by atoms with E-state index in [1.54, 1.807) is 37.6 Å². The van der Waals surface area contributed by atoms with Crippen LogP contribution in [-0.4, -0.2) is 51.6 Å². The second-order valence-electron chi connectivity index (χ2n) is 6.56. The number of aliphatic hydroxyl groups excluding tert-OH is 1. The number of rotatable bonds is 10. The molecule has 2 N–H and O–H groups in total. The number of benzene rings is 2. The van der Waals surface area contributed by atoms with Gasteiger partial charge in [-0.25, -0.2) is 0 Å². The van der Waals surface area contributed by atoms with E-state index in [0.29, 0.717) is 28.6 Å². The average molecular weight is 415 g/mol. The lowest BCUT2D eigenvalue weighted by molar-refractivity contribution is -0.121. The minimum Gasteiger partial charge on any atom is -0.497 e. The molecule has 8 nitrogen and oxygen atoms in total. The van der Waals surface area contributed by atoms with Gasteiger partial charge >= 0.3 is 0 Å². The van der Waals surface area contributed by atoms with Gasteiger partial charge in [0.25, 0.3) is 0 Å². The quantitative estimate of drug-likeness (QED) is 0.525. The van der Waals surface area contributed by atoms with Crippen molar-refractivity contribution in [3.63, 3.8) is 0 Å². The lowest BCUT2D eigenvalue weighted by atomic mass is 10.1. The van der Waals surface area contributed by atoms with E-state index in [2.05, 4.69) is 5.32 Å². The first kappa shape index (κ1) is 21.3. The Morgan fingerprint density at radius 2 is 1.83 bits per heavy atom. The molecule has 8 heteroatoms. The Hall–Kier alpha value is -3.39. The van der Waals surface area contributed by atoms with Crippen molar-refractivity contribution in [1.29, 1.82) is 0 Å². The number of hydrogen-bond donors (Lipinski definition) is 2. The monoisotopic (exact) mass is 415 g/mol. The molecule has 1 atom stereocenters. The van der Waals surface area contributed by atoms with Crippen molar-refractivity contribution >= 4 is 16.9 Å². The predicted octanol–water partition coefficient (Wildman–Crippen LogP) is 2.56. The largest absolute Gasteiger partial charge is 0.497 e. The number of carbonyl (C=O) groups excluding carboxylic acids is 1. The number of para-hydroxylation sites is 1. The molecular formula is C22H25NO7. The highest BCUT2D eigenvalue weighted by atomic mass is 16.5. The van der Waals surface area contributed by atoms with Gasteiger partial charge < -0.3 is 33.8 Å². The molecule has 3 aromatic rings. The molecule has 2 aromatic carbocycles. The first-order valence-corrected chi connectivity index (χ1v) is 9.38. The van der Waals surface area contributed by atoms with Gasteiger partial charge in [-0.05, 0) is 24.3 Å². The lowest BCUT2D eigenvalue weighted by Gasteiger charge is -2.17. The Balaban J connectivity index is 1.52. The van der Waals surface area contributed by atoms with Crippen LogP contribution >= 0.6 is 0 Å². The third-order valence-corrected chi connectivity index (χ3v) is 4.55. The zero-order valence-electron chi connectivity index (χ0n) is 17.1. The number of ether oxygens (including phenoxy) is 4. The van der Waals surface area contributed by atoms with Gasteiger partial charge in [0.2, 0.25) is 11.7 Å². The molecule has 1 unspecified atom stereocenters. The van der Waals surface area contributed by atoms with Crippen LogP contribution in [0.15, 0.2) is 47.1 Å². The maximum Gasteiger partial charge on any atom is 0.224 e. The number of methoxy groups -OCH3 is 3. The van der Waals surface area contributed by atoms with Crippen molar-refractivity contribution in [3.8, 4) is 23.0 Å². The smallest absolute Gasteiger partial charge is 0.224 e. The third-order valence-electron chi connectivity index (χ3n) is 4.55. The maximum absolute atomic E-state index is 12.3. The van der Waals surface area contributed by atoms with Crippen molar-refractivity contribution in [2.24, 2.45) is 0 Å². The summed E-state index contributed by atoms with van der Waals surface area (Å²) in [7, 11) is 4.62. The van der Waals surface area contributed by atoms with Gasteiger partial charge in [-0.15, -0.1) is 0 Å². The third kappa shape index (κ3) is 4.96. The van der Waals surface area contributed by atoms with Gasteiger partial charge in [0, 0.05) is 23.6 Å². The van der Waals surface area contributed by atoms with E-state index in [1.807, 2.05) is 12.1 Å². The normalized spacial score (nSPS) is 11.7. The van der Waals surface area contributed by atoms with Crippen LogP contribution in [0.4, 0.5) is 0 Å². The number of amides is 1. The summed E-state index contributed by atoms with van der Waals surface area (Å²) in [6, 6.07) is 10.7. The standard InChI is InChI=1S/C22H25NO7/c1-26-16-7-8-17-14(12-29-20(17)10-16)9-21(25)23-11-15(24)13-30-22-18(27-2)5-4-6-19(22)28-3/h4-8,10,12,15,24H,9,11,13H2,1-3H3,(H,23,25). The second-order valence-corrected chi connectivity index (χ2v) is 6.56. The molecule has 1 amide bonds. The summed E-state index contributed by atoms with van der Waals surface area (Å²) < 4.78 is 26.8. The van der Waals surface area contributed by atoms with Gasteiger partial charge in [0.1, 0.15) is 24.0 Å². The van der Waals surface area contributed by atoms with Crippen molar-refractivity contribution in [2.75, 3.05) is 34.5 Å². The molecule has 1 heterocycles. The van der Waals surface area contributed by atoms with Crippen molar-refractivity contribution in [3.05, 3.63) is 48.2 Å². The molecule has 0 bridgehead atoms. The van der Waals surface area contributed by atoms with E-state index in [-0.39, 0.29) is 25.5 Å². The summed E-state index contributed by atoms with van der Waals surface area (Å²) in [6.45, 7) is 0.00531. The number of hydrogen-bond acceptors (Lipinski definition) is 7. The van der Waals surface area contributed by atoms with Crippen LogP contribution in [0.2, 0.25) is 0 Å². The summed E-state index contributed by atoms with van der Waals surface area (Å²) in [5.74, 6) is 1.83. The molecule has 0 aliphatic carbocycles. The summed E-state index contributed by atoms with van der Waals surface area (Å²) in [5.41, 5.74) is 1.41. The summed E-state index contributed by atoms with van der Waals surface area (Å²) >= 11 is 0. The molecule has 0 saturated heterocycles. The zero-order valence-corrected chi connectivity index (χ0v) is 17.1. The molecule has 0 radical (unpaired) electrons. The van der Waals surface area contributed by atoms with Gasteiger partial charge in [-0.2, -0.15) is 0 Å². The van der Waals surface area contributed by atoms with E-state index in [4.69, 9.17) is 23.4 Å². The van der Waals surface area contributed by atoms with E-state index < -0.39 is 6.10 Å². The molecular weight excluding hydrogens is 390 g/mol. The molecule has 0 aliphatic heterocycles. The van der Waals surface area contributed by atoms with Crippen molar-refractivity contribution in [2.45, 2.75) is 12.5 Å². The van der Waals surface area contributed by atoms with Crippen LogP contribution in [0.1, 0.15) is 5.56 Å². The lowest BCUT2D eigenvalue weighted by Crippen LogP contribution is -2.36. The highest BCUT2D eigenvalue weighted by Crippen LogP contribution is 2.36. The SMILES string of the molecule is COc1ccc2c(CC(=O)NCC(O)COc3c(OC)cccc3OC)coc2c1. The summed E-state index contributed by atoms with van der Waals surface area (Å²) in [4.78, 5) is 12.3.